The van der Waals surface area contributed by atoms with Crippen molar-refractivity contribution in [3.05, 3.63) is 28.8 Å². The lowest BCUT2D eigenvalue weighted by Crippen LogP contribution is -2.64. The molecule has 2 aliphatic heterocycles. The molecular weight excluding hydrogens is 398 g/mol. The standard InChI is InChI=1S/C24H27NO6/c1-4-5-16-8-15(2)21(19(9-16)29-3)22-17(26)10-24(11-18(22)27)13-25(14-24)23(28)20-12-30-6-7-31-20/h8-9,20,22H,6-7,10-14H2,1-3H3. The van der Waals surface area contributed by atoms with Crippen molar-refractivity contribution in [3.63, 3.8) is 0 Å². The molecular formula is C24H27NO6. The number of methoxy groups -OCH3 is 1. The van der Waals surface area contributed by atoms with Crippen LogP contribution in [0.1, 0.15) is 42.4 Å². The molecule has 7 nitrogen and oxygen atoms in total. The number of nitrogens with zero attached hydrogens (tertiary/aromatic N) is 1. The van der Waals surface area contributed by atoms with Gasteiger partial charge in [-0.05, 0) is 31.5 Å². The number of ether oxygens (including phenoxy) is 3. The van der Waals surface area contributed by atoms with E-state index in [4.69, 9.17) is 14.2 Å². The number of ketones is 2. The smallest absolute Gasteiger partial charge is 0.254 e. The molecule has 3 fully saturated rings. The minimum absolute atomic E-state index is 0.115. The van der Waals surface area contributed by atoms with E-state index in [1.54, 1.807) is 17.9 Å². The van der Waals surface area contributed by atoms with E-state index < -0.39 is 17.4 Å². The van der Waals surface area contributed by atoms with Crippen molar-refractivity contribution < 1.29 is 28.6 Å². The molecule has 164 valence electrons. The molecule has 1 atom stereocenters. The number of rotatable bonds is 3. The average Bonchev–Trinajstić information content (AvgIpc) is 2.72. The lowest BCUT2D eigenvalue weighted by molar-refractivity contribution is -0.173. The third kappa shape index (κ3) is 3.98. The molecule has 7 heteroatoms. The van der Waals surface area contributed by atoms with E-state index in [9.17, 15) is 14.4 Å². The lowest BCUT2D eigenvalue weighted by Gasteiger charge is -2.53. The van der Waals surface area contributed by atoms with Gasteiger partial charge >= 0.3 is 0 Å². The second-order valence-corrected chi connectivity index (χ2v) is 8.63. The molecule has 0 bridgehead atoms. The van der Waals surface area contributed by atoms with Crippen molar-refractivity contribution in [2.45, 2.75) is 38.7 Å². The predicted octanol–water partition coefficient (Wildman–Crippen LogP) is 1.63. The van der Waals surface area contributed by atoms with Crippen LogP contribution in [-0.2, 0) is 23.9 Å². The molecule has 1 amide bonds. The summed E-state index contributed by atoms with van der Waals surface area (Å²) in [6.45, 7) is 5.57. The first-order valence-corrected chi connectivity index (χ1v) is 10.5. The van der Waals surface area contributed by atoms with Crippen LogP contribution in [-0.4, -0.2) is 68.5 Å². The zero-order valence-corrected chi connectivity index (χ0v) is 18.2. The van der Waals surface area contributed by atoms with Crippen LogP contribution in [0.25, 0.3) is 0 Å². The van der Waals surface area contributed by atoms with Crippen LogP contribution >= 0.6 is 0 Å². The Balaban J connectivity index is 1.50. The summed E-state index contributed by atoms with van der Waals surface area (Å²) in [7, 11) is 1.53. The molecule has 1 aromatic rings. The summed E-state index contributed by atoms with van der Waals surface area (Å²) in [4.78, 5) is 40.6. The van der Waals surface area contributed by atoms with Crippen molar-refractivity contribution in [2.24, 2.45) is 5.41 Å². The Morgan fingerprint density at radius 2 is 1.90 bits per heavy atom. The van der Waals surface area contributed by atoms with Gasteiger partial charge in [-0.2, -0.15) is 0 Å². The Morgan fingerprint density at radius 3 is 2.48 bits per heavy atom. The quantitative estimate of drug-likeness (QED) is 0.541. The van der Waals surface area contributed by atoms with Crippen molar-refractivity contribution in [1.29, 1.82) is 0 Å². The molecule has 4 rings (SSSR count). The van der Waals surface area contributed by atoms with Crippen molar-refractivity contribution in [3.8, 4) is 17.6 Å². The Labute approximate surface area is 182 Å². The van der Waals surface area contributed by atoms with Gasteiger partial charge in [0, 0.05) is 42.5 Å². The number of carbonyl (C=O) groups excluding carboxylic acids is 3. The maximum atomic E-state index is 13.2. The highest BCUT2D eigenvalue weighted by Crippen LogP contribution is 2.47. The number of benzene rings is 1. The first-order valence-electron chi connectivity index (χ1n) is 10.5. The second kappa shape index (κ2) is 8.45. The van der Waals surface area contributed by atoms with E-state index in [0.29, 0.717) is 37.6 Å². The summed E-state index contributed by atoms with van der Waals surface area (Å²) in [6.07, 6.45) is -0.0479. The fourth-order valence-corrected chi connectivity index (χ4v) is 5.01. The maximum absolute atomic E-state index is 13.2. The zero-order valence-electron chi connectivity index (χ0n) is 18.2. The Bertz CT molecular complexity index is 956. The van der Waals surface area contributed by atoms with Gasteiger partial charge in [-0.1, -0.05) is 5.92 Å². The summed E-state index contributed by atoms with van der Waals surface area (Å²) >= 11 is 0. The van der Waals surface area contributed by atoms with E-state index in [1.165, 1.54) is 7.11 Å². The van der Waals surface area contributed by atoms with Crippen LogP contribution in [0.15, 0.2) is 12.1 Å². The zero-order chi connectivity index (χ0) is 22.2. The summed E-state index contributed by atoms with van der Waals surface area (Å²) in [5.41, 5.74) is 1.77. The minimum atomic E-state index is -0.830. The van der Waals surface area contributed by atoms with Gasteiger partial charge in [0.05, 0.1) is 26.9 Å². The summed E-state index contributed by atoms with van der Waals surface area (Å²) in [5, 5.41) is 0. The highest BCUT2D eigenvalue weighted by Gasteiger charge is 2.54. The Hall–Kier alpha value is -2.69. The van der Waals surface area contributed by atoms with Crippen molar-refractivity contribution in [2.75, 3.05) is 40.0 Å². The monoisotopic (exact) mass is 425 g/mol. The molecule has 1 spiro atoms. The predicted molar refractivity (Wildman–Crippen MR) is 112 cm³/mol. The average molecular weight is 425 g/mol. The first-order chi connectivity index (χ1) is 14.9. The SMILES string of the molecule is CC#Cc1cc(C)c(C2C(=O)CC3(CC2=O)CN(C(=O)C2COCCO2)C3)c(OC)c1. The third-order valence-corrected chi connectivity index (χ3v) is 6.32. The largest absolute Gasteiger partial charge is 0.496 e. The van der Waals surface area contributed by atoms with Gasteiger partial charge in [-0.15, -0.1) is 5.92 Å². The molecule has 31 heavy (non-hydrogen) atoms. The van der Waals surface area contributed by atoms with Crippen LogP contribution in [0, 0.1) is 24.2 Å². The van der Waals surface area contributed by atoms with Gasteiger partial charge in [0.15, 0.2) is 6.10 Å². The molecule has 0 radical (unpaired) electrons. The maximum Gasteiger partial charge on any atom is 0.254 e. The first kappa shape index (κ1) is 21.5. The highest BCUT2D eigenvalue weighted by atomic mass is 16.6. The Kier molecular flexibility index (Phi) is 5.87. The van der Waals surface area contributed by atoms with E-state index in [-0.39, 0.29) is 36.9 Å². The number of hydrogen-bond donors (Lipinski definition) is 0. The minimum Gasteiger partial charge on any atom is -0.496 e. The number of hydrogen-bond acceptors (Lipinski definition) is 6. The third-order valence-electron chi connectivity index (χ3n) is 6.32. The van der Waals surface area contributed by atoms with Gasteiger partial charge in [0.2, 0.25) is 0 Å². The van der Waals surface area contributed by atoms with Crippen LogP contribution in [0.2, 0.25) is 0 Å². The molecule has 1 unspecified atom stereocenters. The van der Waals surface area contributed by atoms with Crippen molar-refractivity contribution in [1.82, 2.24) is 4.90 Å². The molecule has 1 saturated carbocycles. The summed E-state index contributed by atoms with van der Waals surface area (Å²) in [5.74, 6) is 5.17. The molecule has 3 aliphatic rings. The van der Waals surface area contributed by atoms with Crippen LogP contribution in [0.4, 0.5) is 0 Å². The Morgan fingerprint density at radius 1 is 1.19 bits per heavy atom. The van der Waals surface area contributed by atoms with E-state index >= 15 is 0 Å². The topological polar surface area (TPSA) is 82.1 Å². The highest BCUT2D eigenvalue weighted by molar-refractivity contribution is 6.11. The molecule has 2 saturated heterocycles. The molecule has 0 aromatic heterocycles. The molecule has 1 aromatic carbocycles. The number of carbonyl (C=O) groups is 3. The van der Waals surface area contributed by atoms with Gasteiger partial charge in [-0.25, -0.2) is 0 Å². The van der Waals surface area contributed by atoms with Crippen molar-refractivity contribution >= 4 is 17.5 Å². The lowest BCUT2D eigenvalue weighted by atomic mass is 9.63. The van der Waals surface area contributed by atoms with Gasteiger partial charge < -0.3 is 19.1 Å². The molecule has 0 N–H and O–H groups in total. The van der Waals surface area contributed by atoms with E-state index in [1.807, 2.05) is 13.0 Å². The molecule has 1 aliphatic carbocycles. The van der Waals surface area contributed by atoms with E-state index in [2.05, 4.69) is 11.8 Å². The molecule has 2 heterocycles. The van der Waals surface area contributed by atoms with Gasteiger partial charge in [0.25, 0.3) is 5.91 Å². The number of aryl methyl sites for hydroxylation is 1. The number of amides is 1. The summed E-state index contributed by atoms with van der Waals surface area (Å²) < 4.78 is 16.3. The second-order valence-electron chi connectivity index (χ2n) is 8.63. The fraction of sp³-hybridized carbons (Fsp3) is 0.542. The normalized spacial score (nSPS) is 23.2. The number of likely N-dealkylation sites (tertiary alicyclic amines) is 1. The fourth-order valence-electron chi connectivity index (χ4n) is 5.01. The summed E-state index contributed by atoms with van der Waals surface area (Å²) in [6, 6.07) is 3.66. The van der Waals surface area contributed by atoms with Gasteiger partial charge in [0.1, 0.15) is 23.2 Å². The number of Topliss-reactive ketones (excluding diaryl/α,β-unsaturated/α-hetero) is 2. The van der Waals surface area contributed by atoms with Crippen LogP contribution < -0.4 is 4.74 Å². The van der Waals surface area contributed by atoms with E-state index in [0.717, 1.165) is 11.1 Å². The van der Waals surface area contributed by atoms with Crippen LogP contribution in [0.5, 0.6) is 5.75 Å². The van der Waals surface area contributed by atoms with Crippen LogP contribution in [0.3, 0.4) is 0 Å². The van der Waals surface area contributed by atoms with Gasteiger partial charge in [-0.3, -0.25) is 14.4 Å².